The van der Waals surface area contributed by atoms with Crippen LogP contribution >= 0.6 is 0 Å². The van der Waals surface area contributed by atoms with Crippen LogP contribution in [0.4, 0.5) is 0 Å². The fourth-order valence-electron chi connectivity index (χ4n) is 2.37. The molecule has 0 heterocycles. The summed E-state index contributed by atoms with van der Waals surface area (Å²) in [6, 6.07) is 8.47. The van der Waals surface area contributed by atoms with E-state index in [0.717, 1.165) is 5.75 Å². The molecule has 0 spiro atoms. The van der Waals surface area contributed by atoms with Gasteiger partial charge in [-0.15, -0.1) is 0 Å². The molecule has 1 N–H and O–H groups in total. The van der Waals surface area contributed by atoms with Gasteiger partial charge >= 0.3 is 0 Å². The second kappa shape index (κ2) is 6.42. The van der Waals surface area contributed by atoms with Crippen LogP contribution in [0.2, 0.25) is 0 Å². The average Bonchev–Trinajstić information content (AvgIpc) is 2.43. The van der Waals surface area contributed by atoms with E-state index < -0.39 is 0 Å². The Morgan fingerprint density at radius 3 is 2.83 bits per heavy atom. The number of hydrogen-bond acceptors (Lipinski definition) is 3. The molecule has 0 amide bonds. The minimum atomic E-state index is -0.123. The predicted molar refractivity (Wildman–Crippen MR) is 71.7 cm³/mol. The number of hydrogen-bond donors (Lipinski definition) is 1. The largest absolute Gasteiger partial charge is 0.493 e. The van der Waals surface area contributed by atoms with Crippen molar-refractivity contribution in [2.75, 3.05) is 13.7 Å². The first-order valence-corrected chi connectivity index (χ1v) is 6.65. The van der Waals surface area contributed by atoms with E-state index in [0.29, 0.717) is 13.0 Å². The molecule has 1 unspecified atom stereocenters. The van der Waals surface area contributed by atoms with Crippen molar-refractivity contribution in [1.29, 1.82) is 5.26 Å². The number of rotatable bonds is 5. The lowest BCUT2D eigenvalue weighted by molar-refractivity contribution is 0.300. The molecule has 1 atom stereocenters. The van der Waals surface area contributed by atoms with Crippen LogP contribution < -0.4 is 10.1 Å². The maximum Gasteiger partial charge on any atom is 0.119 e. The molecular weight excluding hydrogens is 224 g/mol. The van der Waals surface area contributed by atoms with Crippen LogP contribution in [0.3, 0.4) is 0 Å². The number of benzene rings is 1. The Morgan fingerprint density at radius 2 is 2.11 bits per heavy atom. The van der Waals surface area contributed by atoms with Crippen LogP contribution in [0, 0.1) is 11.3 Å². The van der Waals surface area contributed by atoms with Crippen LogP contribution in [0.1, 0.15) is 30.4 Å². The highest BCUT2D eigenvalue weighted by Crippen LogP contribution is 2.25. The Kier molecular flexibility index (Phi) is 4.60. The second-order valence-electron chi connectivity index (χ2n) is 4.75. The van der Waals surface area contributed by atoms with E-state index in [9.17, 15) is 0 Å². The summed E-state index contributed by atoms with van der Waals surface area (Å²) in [4.78, 5) is 0. The van der Waals surface area contributed by atoms with Gasteiger partial charge in [-0.2, -0.15) is 5.26 Å². The molecule has 0 aliphatic heterocycles. The van der Waals surface area contributed by atoms with Gasteiger partial charge in [0, 0.05) is 6.42 Å². The van der Waals surface area contributed by atoms with Gasteiger partial charge in [-0.25, -0.2) is 0 Å². The molecule has 0 saturated heterocycles. The van der Waals surface area contributed by atoms with Crippen molar-refractivity contribution in [1.82, 2.24) is 5.32 Å². The zero-order valence-corrected chi connectivity index (χ0v) is 10.9. The maximum atomic E-state index is 8.81. The molecule has 0 aromatic heterocycles. The SMILES string of the molecule is CNC(C#N)CCOc1ccc2c(c1)CCCC2. The molecule has 1 aromatic carbocycles. The molecule has 0 radical (unpaired) electrons. The van der Waals surface area contributed by atoms with Gasteiger partial charge in [-0.3, -0.25) is 0 Å². The lowest BCUT2D eigenvalue weighted by atomic mass is 9.92. The highest BCUT2D eigenvalue weighted by Gasteiger charge is 2.10. The van der Waals surface area contributed by atoms with Crippen LogP contribution in [-0.4, -0.2) is 19.7 Å². The van der Waals surface area contributed by atoms with Gasteiger partial charge in [0.2, 0.25) is 0 Å². The smallest absolute Gasteiger partial charge is 0.119 e. The van der Waals surface area contributed by atoms with Gasteiger partial charge in [0.05, 0.1) is 18.7 Å². The number of ether oxygens (including phenoxy) is 1. The van der Waals surface area contributed by atoms with Gasteiger partial charge in [-0.05, 0) is 56.0 Å². The van der Waals surface area contributed by atoms with Gasteiger partial charge in [0.25, 0.3) is 0 Å². The van der Waals surface area contributed by atoms with Gasteiger partial charge in [-0.1, -0.05) is 6.07 Å². The number of nitrogens with zero attached hydrogens (tertiary/aromatic N) is 1. The first-order chi connectivity index (χ1) is 8.83. The van der Waals surface area contributed by atoms with Crippen LogP contribution in [-0.2, 0) is 12.8 Å². The highest BCUT2D eigenvalue weighted by atomic mass is 16.5. The van der Waals surface area contributed by atoms with Crippen molar-refractivity contribution >= 4 is 0 Å². The molecule has 0 saturated carbocycles. The lowest BCUT2D eigenvalue weighted by Gasteiger charge is -2.17. The van der Waals surface area contributed by atoms with E-state index in [2.05, 4.69) is 23.5 Å². The minimum absolute atomic E-state index is 0.123. The molecule has 2 rings (SSSR count). The van der Waals surface area contributed by atoms with E-state index in [1.165, 1.54) is 36.8 Å². The minimum Gasteiger partial charge on any atom is -0.493 e. The van der Waals surface area contributed by atoms with Crippen molar-refractivity contribution in [3.63, 3.8) is 0 Å². The summed E-state index contributed by atoms with van der Waals surface area (Å²) in [5.41, 5.74) is 2.91. The second-order valence-corrected chi connectivity index (χ2v) is 4.75. The quantitative estimate of drug-likeness (QED) is 0.865. The summed E-state index contributed by atoms with van der Waals surface area (Å²) >= 11 is 0. The first-order valence-electron chi connectivity index (χ1n) is 6.65. The standard InChI is InChI=1S/C15H20N2O/c1-17-14(11-16)8-9-18-15-7-6-12-4-2-3-5-13(12)10-15/h6-7,10,14,17H,2-5,8-9H2,1H3. The number of aryl methyl sites for hydroxylation is 2. The maximum absolute atomic E-state index is 8.81. The third kappa shape index (κ3) is 3.24. The Morgan fingerprint density at radius 1 is 1.33 bits per heavy atom. The Labute approximate surface area is 109 Å². The van der Waals surface area contributed by atoms with Crippen LogP contribution in [0.5, 0.6) is 5.75 Å². The van der Waals surface area contributed by atoms with E-state index in [4.69, 9.17) is 10.00 Å². The molecule has 3 nitrogen and oxygen atoms in total. The van der Waals surface area contributed by atoms with Crippen molar-refractivity contribution in [3.8, 4) is 11.8 Å². The molecule has 0 fully saturated rings. The highest BCUT2D eigenvalue weighted by molar-refractivity contribution is 5.37. The van der Waals surface area contributed by atoms with Crippen molar-refractivity contribution in [3.05, 3.63) is 29.3 Å². The molecule has 0 bridgehead atoms. The molecule has 1 aromatic rings. The lowest BCUT2D eigenvalue weighted by Crippen LogP contribution is -2.25. The molecule has 3 heteroatoms. The number of nitrogens with one attached hydrogen (secondary N) is 1. The van der Waals surface area contributed by atoms with Gasteiger partial charge in [0.15, 0.2) is 0 Å². The molecule has 18 heavy (non-hydrogen) atoms. The Hall–Kier alpha value is -1.53. The Balaban J connectivity index is 1.88. The van der Waals surface area contributed by atoms with Crippen LogP contribution in [0.25, 0.3) is 0 Å². The fourth-order valence-corrected chi connectivity index (χ4v) is 2.37. The van der Waals surface area contributed by atoms with Crippen LogP contribution in [0.15, 0.2) is 18.2 Å². The summed E-state index contributed by atoms with van der Waals surface area (Å²) in [6.45, 7) is 0.581. The monoisotopic (exact) mass is 244 g/mol. The summed E-state index contributed by atoms with van der Waals surface area (Å²) in [7, 11) is 1.80. The summed E-state index contributed by atoms with van der Waals surface area (Å²) < 4.78 is 5.72. The average molecular weight is 244 g/mol. The number of nitriles is 1. The van der Waals surface area contributed by atoms with Crippen molar-refractivity contribution < 1.29 is 4.74 Å². The molecule has 1 aliphatic carbocycles. The number of fused-ring (bicyclic) bond motifs is 1. The molecule has 96 valence electrons. The third-order valence-corrected chi connectivity index (χ3v) is 3.50. The summed E-state index contributed by atoms with van der Waals surface area (Å²) in [6.07, 6.45) is 5.67. The van der Waals surface area contributed by atoms with E-state index in [1.807, 2.05) is 6.07 Å². The zero-order chi connectivity index (χ0) is 12.8. The first kappa shape index (κ1) is 12.9. The van der Waals surface area contributed by atoms with Gasteiger partial charge < -0.3 is 10.1 Å². The van der Waals surface area contributed by atoms with Gasteiger partial charge in [0.1, 0.15) is 5.75 Å². The van der Waals surface area contributed by atoms with E-state index in [-0.39, 0.29) is 6.04 Å². The fraction of sp³-hybridized carbons (Fsp3) is 0.533. The third-order valence-electron chi connectivity index (χ3n) is 3.50. The summed E-state index contributed by atoms with van der Waals surface area (Å²) in [5, 5.41) is 11.8. The normalized spacial score (nSPS) is 15.6. The van der Waals surface area contributed by atoms with Crippen molar-refractivity contribution in [2.24, 2.45) is 0 Å². The topological polar surface area (TPSA) is 45.0 Å². The Bertz CT molecular complexity index is 437. The zero-order valence-electron chi connectivity index (χ0n) is 10.9. The summed E-state index contributed by atoms with van der Waals surface area (Å²) in [5.74, 6) is 0.934. The van der Waals surface area contributed by atoms with E-state index >= 15 is 0 Å². The van der Waals surface area contributed by atoms with Crippen molar-refractivity contribution in [2.45, 2.75) is 38.1 Å². The predicted octanol–water partition coefficient (Wildman–Crippen LogP) is 2.45. The molecule has 1 aliphatic rings. The molecular formula is C15H20N2O. The van der Waals surface area contributed by atoms with E-state index in [1.54, 1.807) is 7.05 Å².